The van der Waals surface area contributed by atoms with Crippen LogP contribution in [-0.4, -0.2) is 102 Å². The number of likely N-dealkylation sites (tertiary alicyclic amines) is 2. The van der Waals surface area contributed by atoms with Gasteiger partial charge in [-0.25, -0.2) is 0 Å². The SMILES string of the molecule is CC1(C)CC(O)CC(C)(C)N1CC(O)Cc1ccc(C(=O)[O-])c(C(=O)[O-])c1CC(O)CN1C(C)(C)CC(O)CC1(C)C. The smallest absolute Gasteiger partial charge is 0.0724 e. The molecule has 4 N–H and O–H groups in total. The Morgan fingerprint density at radius 2 is 1.12 bits per heavy atom. The van der Waals surface area contributed by atoms with E-state index in [4.69, 9.17) is 0 Å². The zero-order chi connectivity index (χ0) is 32.0. The number of aliphatic hydroxyl groups excluding tert-OH is 4. The third-order valence-electron chi connectivity index (χ3n) is 9.38. The molecular formula is C32H50N2O8-2. The molecule has 42 heavy (non-hydrogen) atoms. The maximum absolute atomic E-state index is 12.3. The Labute approximate surface area is 250 Å². The van der Waals surface area contributed by atoms with E-state index < -0.39 is 69.6 Å². The number of hydrogen-bond donors (Lipinski definition) is 4. The molecule has 2 atom stereocenters. The van der Waals surface area contributed by atoms with Gasteiger partial charge < -0.3 is 40.2 Å². The van der Waals surface area contributed by atoms with E-state index in [1.807, 2.05) is 55.4 Å². The molecule has 3 rings (SSSR count). The first-order valence-corrected chi connectivity index (χ1v) is 14.9. The summed E-state index contributed by atoms with van der Waals surface area (Å²) in [5.41, 5.74) is -2.29. The monoisotopic (exact) mass is 590 g/mol. The molecule has 0 saturated carbocycles. The number of carbonyl (C=O) groups excluding carboxylic acids is 2. The molecule has 0 bridgehead atoms. The molecule has 2 heterocycles. The minimum Gasteiger partial charge on any atom is -0.545 e. The summed E-state index contributed by atoms with van der Waals surface area (Å²) in [6.07, 6.45) is -1.04. The van der Waals surface area contributed by atoms with E-state index in [0.29, 0.717) is 31.2 Å². The van der Waals surface area contributed by atoms with E-state index in [9.17, 15) is 40.2 Å². The minimum absolute atomic E-state index is 0.0216. The van der Waals surface area contributed by atoms with Gasteiger partial charge >= 0.3 is 0 Å². The number of β-amino-alcohol motifs (C(OH)–C–C–N with tert-alkyl or cyclic N) is 2. The van der Waals surface area contributed by atoms with Gasteiger partial charge in [-0.15, -0.1) is 0 Å². The van der Waals surface area contributed by atoms with Gasteiger partial charge in [0.05, 0.1) is 36.4 Å². The van der Waals surface area contributed by atoms with Gasteiger partial charge in [-0.1, -0.05) is 12.1 Å². The normalized spacial score (nSPS) is 24.3. The molecule has 0 amide bonds. The van der Waals surface area contributed by atoms with E-state index in [-0.39, 0.29) is 31.5 Å². The third kappa shape index (κ3) is 7.52. The van der Waals surface area contributed by atoms with Crippen molar-refractivity contribution in [2.24, 2.45) is 0 Å². The summed E-state index contributed by atoms with van der Waals surface area (Å²) in [5.74, 6) is -3.36. The van der Waals surface area contributed by atoms with Crippen molar-refractivity contribution in [1.82, 2.24) is 9.80 Å². The molecule has 2 unspecified atom stereocenters. The quantitative estimate of drug-likeness (QED) is 0.296. The summed E-state index contributed by atoms with van der Waals surface area (Å²) in [4.78, 5) is 28.4. The molecular weight excluding hydrogens is 540 g/mol. The van der Waals surface area contributed by atoms with Gasteiger partial charge in [-0.2, -0.15) is 0 Å². The molecule has 0 spiro atoms. The number of aliphatic hydroxyl groups is 4. The average Bonchev–Trinajstić information content (AvgIpc) is 2.77. The molecule has 2 fully saturated rings. The number of hydrogen-bond acceptors (Lipinski definition) is 10. The fourth-order valence-corrected chi connectivity index (χ4v) is 8.08. The van der Waals surface area contributed by atoms with Crippen LogP contribution in [0.3, 0.4) is 0 Å². The molecule has 0 aromatic heterocycles. The Bertz CT molecular complexity index is 1130. The van der Waals surface area contributed by atoms with Crippen molar-refractivity contribution in [3.63, 3.8) is 0 Å². The fraction of sp³-hybridized carbons (Fsp3) is 0.750. The van der Waals surface area contributed by atoms with E-state index in [0.717, 1.165) is 6.07 Å². The minimum atomic E-state index is -1.69. The lowest BCUT2D eigenvalue weighted by Crippen LogP contribution is -2.63. The highest BCUT2D eigenvalue weighted by Crippen LogP contribution is 2.40. The second kappa shape index (κ2) is 12.1. The number of nitrogens with zero attached hydrogens (tertiary/aromatic N) is 2. The first-order chi connectivity index (χ1) is 19.1. The molecule has 1 aromatic carbocycles. The third-order valence-corrected chi connectivity index (χ3v) is 9.38. The van der Waals surface area contributed by atoms with Crippen molar-refractivity contribution in [3.8, 4) is 0 Å². The lowest BCUT2D eigenvalue weighted by molar-refractivity contribution is -0.259. The molecule has 10 nitrogen and oxygen atoms in total. The lowest BCUT2D eigenvalue weighted by Gasteiger charge is -2.55. The van der Waals surface area contributed by atoms with Crippen LogP contribution in [0.2, 0.25) is 0 Å². The zero-order valence-corrected chi connectivity index (χ0v) is 26.4. The topological polar surface area (TPSA) is 168 Å². The molecule has 10 heteroatoms. The molecule has 238 valence electrons. The summed E-state index contributed by atoms with van der Waals surface area (Å²) >= 11 is 0. The van der Waals surface area contributed by atoms with E-state index >= 15 is 0 Å². The second-order valence-electron chi connectivity index (χ2n) is 15.0. The Kier molecular flexibility index (Phi) is 9.94. The number of carboxylic acid groups (broad SMARTS) is 2. The highest BCUT2D eigenvalue weighted by molar-refractivity contribution is 6.01. The Balaban J connectivity index is 1.94. The van der Waals surface area contributed by atoms with Gasteiger partial charge in [-0.3, -0.25) is 9.80 Å². The summed E-state index contributed by atoms with van der Waals surface area (Å²) in [6, 6.07) is 2.63. The van der Waals surface area contributed by atoms with Crippen LogP contribution in [0.15, 0.2) is 12.1 Å². The van der Waals surface area contributed by atoms with Crippen molar-refractivity contribution in [2.45, 2.75) is 140 Å². The van der Waals surface area contributed by atoms with Gasteiger partial charge in [0.25, 0.3) is 0 Å². The fourth-order valence-electron chi connectivity index (χ4n) is 8.08. The molecule has 0 radical (unpaired) electrons. The number of piperidine rings is 2. The maximum atomic E-state index is 12.3. The number of benzene rings is 1. The highest BCUT2D eigenvalue weighted by atomic mass is 16.4. The summed E-state index contributed by atoms with van der Waals surface area (Å²) in [5, 5.41) is 67.6. The van der Waals surface area contributed by atoms with Crippen LogP contribution in [0.1, 0.15) is 113 Å². The lowest BCUT2D eigenvalue weighted by atomic mass is 9.77. The van der Waals surface area contributed by atoms with Gasteiger partial charge in [0, 0.05) is 52.8 Å². The van der Waals surface area contributed by atoms with Crippen molar-refractivity contribution in [1.29, 1.82) is 0 Å². The number of carboxylic acids is 2. The summed E-state index contributed by atoms with van der Waals surface area (Å²) in [7, 11) is 0. The van der Waals surface area contributed by atoms with Gasteiger partial charge in [0.2, 0.25) is 0 Å². The Morgan fingerprint density at radius 3 is 1.48 bits per heavy atom. The molecule has 0 aliphatic carbocycles. The van der Waals surface area contributed by atoms with Crippen LogP contribution in [0.25, 0.3) is 0 Å². The van der Waals surface area contributed by atoms with E-state index in [1.165, 1.54) is 6.07 Å². The van der Waals surface area contributed by atoms with E-state index in [2.05, 4.69) is 9.80 Å². The van der Waals surface area contributed by atoms with Crippen molar-refractivity contribution in [3.05, 3.63) is 34.4 Å². The predicted molar refractivity (Wildman–Crippen MR) is 155 cm³/mol. The van der Waals surface area contributed by atoms with Gasteiger partial charge in [0.1, 0.15) is 0 Å². The van der Waals surface area contributed by atoms with Gasteiger partial charge in [0.15, 0.2) is 0 Å². The van der Waals surface area contributed by atoms with Crippen LogP contribution in [0.4, 0.5) is 0 Å². The predicted octanol–water partition coefficient (Wildman–Crippen LogP) is 0.248. The zero-order valence-electron chi connectivity index (χ0n) is 26.4. The van der Waals surface area contributed by atoms with Crippen LogP contribution in [0, 0.1) is 0 Å². The molecule has 2 aliphatic heterocycles. The van der Waals surface area contributed by atoms with Crippen LogP contribution < -0.4 is 10.2 Å². The van der Waals surface area contributed by atoms with Crippen molar-refractivity contribution >= 4 is 11.9 Å². The van der Waals surface area contributed by atoms with Crippen molar-refractivity contribution < 1.29 is 40.2 Å². The standard InChI is InChI=1S/C32H52N2O8/c1-29(2)13-22(37)14-30(3,4)33(29)17-20(35)11-19-9-10-24(27(39)40)26(28(41)42)25(19)12-21(36)18-34-31(5,6)15-23(38)16-32(34,7)8/h9-10,20-23,35-38H,11-18H2,1-8H3,(H,39,40)(H,41,42)/p-2. The molecule has 1 aromatic rings. The maximum Gasteiger partial charge on any atom is 0.0724 e. The Hall–Kier alpha value is -2.08. The summed E-state index contributed by atoms with van der Waals surface area (Å²) in [6.45, 7) is 16.4. The van der Waals surface area contributed by atoms with Crippen LogP contribution in [0.5, 0.6) is 0 Å². The molecule has 2 aliphatic rings. The molecule has 2 saturated heterocycles. The second-order valence-corrected chi connectivity index (χ2v) is 15.0. The first kappa shape index (κ1) is 34.4. The number of carbonyl (C=O) groups is 2. The first-order valence-electron chi connectivity index (χ1n) is 14.9. The number of aromatic carboxylic acids is 2. The van der Waals surface area contributed by atoms with Crippen molar-refractivity contribution in [2.75, 3.05) is 13.1 Å². The highest BCUT2D eigenvalue weighted by Gasteiger charge is 2.46. The van der Waals surface area contributed by atoms with Crippen LogP contribution in [-0.2, 0) is 12.8 Å². The number of rotatable bonds is 10. The largest absolute Gasteiger partial charge is 0.545 e. The average molecular weight is 591 g/mol. The van der Waals surface area contributed by atoms with E-state index in [1.54, 1.807) is 0 Å². The van der Waals surface area contributed by atoms with Crippen LogP contribution >= 0.6 is 0 Å². The van der Waals surface area contributed by atoms with Gasteiger partial charge in [-0.05, 0) is 98.6 Å². The Morgan fingerprint density at radius 1 is 0.738 bits per heavy atom. The summed E-state index contributed by atoms with van der Waals surface area (Å²) < 4.78 is 0.